The van der Waals surface area contributed by atoms with Crippen molar-refractivity contribution in [3.8, 4) is 22.5 Å². The second-order valence-corrected chi connectivity index (χ2v) is 5.50. The Hall–Kier alpha value is -3.01. The smallest absolute Gasteiger partial charge is 0.156 e. The van der Waals surface area contributed by atoms with Crippen molar-refractivity contribution >= 4 is 5.65 Å². The molecule has 2 aromatic carbocycles. The van der Waals surface area contributed by atoms with Gasteiger partial charge in [-0.3, -0.25) is 0 Å². The average Bonchev–Trinajstić information content (AvgIpc) is 3.00. The van der Waals surface area contributed by atoms with Gasteiger partial charge in [0, 0.05) is 23.4 Å². The van der Waals surface area contributed by atoms with Crippen LogP contribution in [0.15, 0.2) is 66.9 Å². The number of nitrogens with zero attached hydrogens (tertiary/aromatic N) is 3. The van der Waals surface area contributed by atoms with Crippen molar-refractivity contribution in [1.82, 2.24) is 14.6 Å². The van der Waals surface area contributed by atoms with Gasteiger partial charge in [0.25, 0.3) is 0 Å². The highest BCUT2D eigenvalue weighted by molar-refractivity contribution is 5.68. The van der Waals surface area contributed by atoms with Crippen LogP contribution in [0.2, 0.25) is 0 Å². The summed E-state index contributed by atoms with van der Waals surface area (Å²) in [5.74, 6) is -0.250. The minimum Gasteiger partial charge on any atom is -0.237 e. The summed E-state index contributed by atoms with van der Waals surface area (Å²) in [4.78, 5) is 4.38. The molecule has 0 N–H and O–H groups in total. The largest absolute Gasteiger partial charge is 0.237 e. The zero-order chi connectivity index (χ0) is 15.8. The van der Waals surface area contributed by atoms with Crippen molar-refractivity contribution in [1.29, 1.82) is 0 Å². The topological polar surface area (TPSA) is 30.2 Å². The highest BCUT2D eigenvalue weighted by atomic mass is 19.1. The summed E-state index contributed by atoms with van der Waals surface area (Å²) in [6.45, 7) is 2.06. The van der Waals surface area contributed by atoms with E-state index in [1.54, 1.807) is 22.8 Å². The predicted molar refractivity (Wildman–Crippen MR) is 88.6 cm³/mol. The first kappa shape index (κ1) is 13.6. The van der Waals surface area contributed by atoms with Crippen molar-refractivity contribution in [3.05, 3.63) is 78.2 Å². The van der Waals surface area contributed by atoms with E-state index in [4.69, 9.17) is 0 Å². The second-order valence-electron chi connectivity index (χ2n) is 5.50. The fourth-order valence-corrected chi connectivity index (χ4v) is 2.60. The molecule has 3 nitrogen and oxygen atoms in total. The molecular formula is C19H14FN3. The molecule has 0 unspecified atom stereocenters. The number of aromatic nitrogens is 3. The van der Waals surface area contributed by atoms with Crippen LogP contribution < -0.4 is 0 Å². The van der Waals surface area contributed by atoms with E-state index < -0.39 is 0 Å². The third-order valence-corrected chi connectivity index (χ3v) is 3.85. The molecule has 0 fully saturated rings. The van der Waals surface area contributed by atoms with E-state index >= 15 is 0 Å². The van der Waals surface area contributed by atoms with Gasteiger partial charge >= 0.3 is 0 Å². The Bertz CT molecular complexity index is 970. The van der Waals surface area contributed by atoms with E-state index in [0.29, 0.717) is 0 Å². The van der Waals surface area contributed by atoms with Crippen LogP contribution >= 0.6 is 0 Å². The summed E-state index contributed by atoms with van der Waals surface area (Å²) >= 11 is 0. The third-order valence-electron chi connectivity index (χ3n) is 3.85. The monoisotopic (exact) mass is 303 g/mol. The molecule has 0 amide bonds. The van der Waals surface area contributed by atoms with E-state index in [1.807, 2.05) is 12.1 Å². The zero-order valence-electron chi connectivity index (χ0n) is 12.6. The molecule has 0 aliphatic heterocycles. The number of rotatable bonds is 2. The Labute approximate surface area is 133 Å². The first-order valence-corrected chi connectivity index (χ1v) is 7.38. The number of hydrogen-bond donors (Lipinski definition) is 0. The van der Waals surface area contributed by atoms with Gasteiger partial charge in [-0.05, 0) is 37.3 Å². The lowest BCUT2D eigenvalue weighted by molar-refractivity contribution is 0.628. The molecule has 2 aromatic heterocycles. The van der Waals surface area contributed by atoms with Crippen LogP contribution in [0.25, 0.3) is 28.2 Å². The predicted octanol–water partition coefficient (Wildman–Crippen LogP) is 4.51. The van der Waals surface area contributed by atoms with Crippen molar-refractivity contribution in [2.45, 2.75) is 6.92 Å². The summed E-state index contributed by atoms with van der Waals surface area (Å²) in [5, 5.41) is 4.67. The molecule has 0 radical (unpaired) electrons. The minimum absolute atomic E-state index is 0.250. The Balaban J connectivity index is 1.87. The molecule has 4 heteroatoms. The molecule has 0 bridgehead atoms. The standard InChI is InChI=1S/C19H14FN3/c1-13-2-4-14(5-3-13)17-12-19-21-11-10-18(23(19)22-17)15-6-8-16(20)9-7-15/h2-12H,1H3. The highest BCUT2D eigenvalue weighted by Gasteiger charge is 2.09. The van der Waals surface area contributed by atoms with Crippen LogP contribution in [0.4, 0.5) is 4.39 Å². The number of aryl methyl sites for hydroxylation is 1. The van der Waals surface area contributed by atoms with Crippen molar-refractivity contribution in [3.63, 3.8) is 0 Å². The van der Waals surface area contributed by atoms with Gasteiger partial charge < -0.3 is 0 Å². The molecule has 112 valence electrons. The SMILES string of the molecule is Cc1ccc(-c2cc3nccc(-c4ccc(F)cc4)n3n2)cc1. The van der Waals surface area contributed by atoms with Gasteiger partial charge in [-0.1, -0.05) is 29.8 Å². The first-order valence-electron chi connectivity index (χ1n) is 7.38. The maximum absolute atomic E-state index is 13.1. The molecule has 0 aliphatic rings. The fourth-order valence-electron chi connectivity index (χ4n) is 2.60. The number of fused-ring (bicyclic) bond motifs is 1. The Kier molecular flexibility index (Phi) is 3.15. The van der Waals surface area contributed by atoms with Crippen LogP contribution in [-0.2, 0) is 0 Å². The van der Waals surface area contributed by atoms with E-state index in [2.05, 4.69) is 41.3 Å². The molecule has 4 rings (SSSR count). The van der Waals surface area contributed by atoms with E-state index in [1.165, 1.54) is 17.7 Å². The van der Waals surface area contributed by atoms with Gasteiger partial charge in [0.05, 0.1) is 11.4 Å². The van der Waals surface area contributed by atoms with E-state index in [-0.39, 0.29) is 5.82 Å². The molecule has 0 saturated heterocycles. The van der Waals surface area contributed by atoms with Gasteiger partial charge in [0.1, 0.15) is 5.82 Å². The van der Waals surface area contributed by atoms with E-state index in [9.17, 15) is 4.39 Å². The lowest BCUT2D eigenvalue weighted by atomic mass is 10.1. The molecule has 0 spiro atoms. The summed E-state index contributed by atoms with van der Waals surface area (Å²) in [6.07, 6.45) is 1.74. The number of halogens is 1. The van der Waals surface area contributed by atoms with Gasteiger partial charge in [-0.25, -0.2) is 13.9 Å². The maximum Gasteiger partial charge on any atom is 0.156 e. The second kappa shape index (κ2) is 5.32. The molecular weight excluding hydrogens is 289 g/mol. The Morgan fingerprint density at radius 2 is 1.57 bits per heavy atom. The van der Waals surface area contributed by atoms with Crippen LogP contribution in [-0.4, -0.2) is 14.6 Å². The van der Waals surface area contributed by atoms with Gasteiger partial charge in [-0.15, -0.1) is 0 Å². The molecule has 0 aliphatic carbocycles. The Morgan fingerprint density at radius 1 is 0.870 bits per heavy atom. The first-order chi connectivity index (χ1) is 11.2. The Morgan fingerprint density at radius 3 is 2.30 bits per heavy atom. The minimum atomic E-state index is -0.250. The average molecular weight is 303 g/mol. The van der Waals surface area contributed by atoms with Crippen molar-refractivity contribution < 1.29 is 4.39 Å². The highest BCUT2D eigenvalue weighted by Crippen LogP contribution is 2.24. The van der Waals surface area contributed by atoms with Crippen LogP contribution in [0, 0.1) is 12.7 Å². The van der Waals surface area contributed by atoms with E-state index in [0.717, 1.165) is 28.2 Å². The number of hydrogen-bond acceptors (Lipinski definition) is 2. The summed E-state index contributed by atoms with van der Waals surface area (Å²) in [6, 6.07) is 18.5. The van der Waals surface area contributed by atoms with Gasteiger partial charge in [0.2, 0.25) is 0 Å². The fraction of sp³-hybridized carbons (Fsp3) is 0.0526. The summed E-state index contributed by atoms with van der Waals surface area (Å²) < 4.78 is 14.9. The van der Waals surface area contributed by atoms with Gasteiger partial charge in [-0.2, -0.15) is 5.10 Å². The lowest BCUT2D eigenvalue weighted by Gasteiger charge is -2.04. The molecule has 4 aromatic rings. The van der Waals surface area contributed by atoms with Crippen molar-refractivity contribution in [2.24, 2.45) is 0 Å². The quantitative estimate of drug-likeness (QED) is 0.545. The molecule has 23 heavy (non-hydrogen) atoms. The molecule has 0 saturated carbocycles. The lowest BCUT2D eigenvalue weighted by Crippen LogP contribution is -1.95. The maximum atomic E-state index is 13.1. The zero-order valence-corrected chi connectivity index (χ0v) is 12.6. The normalized spacial score (nSPS) is 11.0. The number of benzene rings is 2. The molecule has 2 heterocycles. The summed E-state index contributed by atoms with van der Waals surface area (Å²) in [5.41, 5.74) is 5.67. The third kappa shape index (κ3) is 2.48. The van der Waals surface area contributed by atoms with Crippen molar-refractivity contribution in [2.75, 3.05) is 0 Å². The van der Waals surface area contributed by atoms with Crippen LogP contribution in [0.1, 0.15) is 5.56 Å². The van der Waals surface area contributed by atoms with Gasteiger partial charge in [0.15, 0.2) is 5.65 Å². The summed E-state index contributed by atoms with van der Waals surface area (Å²) in [7, 11) is 0. The molecule has 0 atom stereocenters. The van der Waals surface area contributed by atoms with Crippen LogP contribution in [0.5, 0.6) is 0 Å². The van der Waals surface area contributed by atoms with Crippen LogP contribution in [0.3, 0.4) is 0 Å².